The van der Waals surface area contributed by atoms with E-state index in [1.165, 1.54) is 10.6 Å². The highest BCUT2D eigenvalue weighted by Gasteiger charge is 2.35. The summed E-state index contributed by atoms with van der Waals surface area (Å²) >= 11 is 0. The number of piperidine rings is 1. The molecule has 0 spiro atoms. The number of amides is 1. The molecule has 0 bridgehead atoms. The van der Waals surface area contributed by atoms with E-state index in [1.54, 1.807) is 4.90 Å². The topological polar surface area (TPSA) is 74.8 Å². The fourth-order valence-electron chi connectivity index (χ4n) is 2.42. The predicted molar refractivity (Wildman–Crippen MR) is 60.8 cm³/mol. The Hall–Kier alpha value is -0.950. The van der Waals surface area contributed by atoms with E-state index in [9.17, 15) is 18.0 Å². The van der Waals surface area contributed by atoms with E-state index in [1.807, 2.05) is 0 Å². The zero-order valence-corrected chi connectivity index (χ0v) is 10.6. The lowest BCUT2D eigenvalue weighted by Crippen LogP contribution is -2.47. The molecule has 7 heteroatoms. The third-order valence-electron chi connectivity index (χ3n) is 3.35. The average molecular weight is 260 g/mol. The highest BCUT2D eigenvalue weighted by atomic mass is 32.2. The molecule has 0 atom stereocenters. The Morgan fingerprint density at radius 3 is 2.18 bits per heavy atom. The van der Waals surface area contributed by atoms with Gasteiger partial charge in [0, 0.05) is 19.1 Å². The molecule has 6 nitrogen and oxygen atoms in total. The zero-order chi connectivity index (χ0) is 12.6. The van der Waals surface area contributed by atoms with Gasteiger partial charge in [0.1, 0.15) is 0 Å². The Balaban J connectivity index is 1.96. The maximum atomic E-state index is 11.5. The predicted octanol–water partition coefficient (Wildman–Crippen LogP) is -0.788. The molecule has 0 aromatic rings. The summed E-state index contributed by atoms with van der Waals surface area (Å²) in [6.45, 7) is 1.06. The second-order valence-electron chi connectivity index (χ2n) is 4.63. The molecule has 0 radical (unpaired) electrons. The van der Waals surface area contributed by atoms with Crippen LogP contribution in [0.15, 0.2) is 0 Å². The molecule has 0 N–H and O–H groups in total. The third kappa shape index (κ3) is 2.66. The van der Waals surface area contributed by atoms with Crippen molar-refractivity contribution < 1.29 is 18.0 Å². The van der Waals surface area contributed by atoms with E-state index in [4.69, 9.17) is 0 Å². The number of nitrogens with zero attached hydrogens (tertiary/aromatic N) is 2. The van der Waals surface area contributed by atoms with E-state index in [-0.39, 0.29) is 30.7 Å². The molecule has 2 aliphatic heterocycles. The van der Waals surface area contributed by atoms with Gasteiger partial charge < -0.3 is 4.90 Å². The SMILES string of the molecule is CS(=O)(=O)N1CCC(N2CC(=O)CC2=O)CC1. The lowest BCUT2D eigenvalue weighted by molar-refractivity contribution is -0.130. The second kappa shape index (κ2) is 4.38. The fourth-order valence-corrected chi connectivity index (χ4v) is 3.30. The van der Waals surface area contributed by atoms with Crippen molar-refractivity contribution in [3.05, 3.63) is 0 Å². The van der Waals surface area contributed by atoms with Gasteiger partial charge in [0.25, 0.3) is 0 Å². The van der Waals surface area contributed by atoms with Crippen LogP contribution in [0.4, 0.5) is 0 Å². The van der Waals surface area contributed by atoms with Gasteiger partial charge in [0.05, 0.1) is 19.2 Å². The second-order valence-corrected chi connectivity index (χ2v) is 6.61. The smallest absolute Gasteiger partial charge is 0.230 e. The van der Waals surface area contributed by atoms with Gasteiger partial charge in [-0.15, -0.1) is 0 Å². The molecule has 0 saturated carbocycles. The van der Waals surface area contributed by atoms with Gasteiger partial charge >= 0.3 is 0 Å². The standard InChI is InChI=1S/C10H16N2O4S/c1-17(15,16)11-4-2-8(3-5-11)12-7-9(13)6-10(12)14/h8H,2-7H2,1H3. The molecular formula is C10H16N2O4S. The summed E-state index contributed by atoms with van der Waals surface area (Å²) in [4.78, 5) is 24.3. The van der Waals surface area contributed by atoms with E-state index < -0.39 is 10.0 Å². The molecule has 0 unspecified atom stereocenters. The van der Waals surface area contributed by atoms with Gasteiger partial charge in [-0.25, -0.2) is 12.7 Å². The highest BCUT2D eigenvalue weighted by molar-refractivity contribution is 7.88. The van der Waals surface area contributed by atoms with Gasteiger partial charge in [-0.1, -0.05) is 0 Å². The molecule has 0 aromatic carbocycles. The van der Waals surface area contributed by atoms with Crippen molar-refractivity contribution in [1.82, 2.24) is 9.21 Å². The van der Waals surface area contributed by atoms with Crippen LogP contribution in [0.1, 0.15) is 19.3 Å². The van der Waals surface area contributed by atoms with E-state index in [0.717, 1.165) is 0 Å². The van der Waals surface area contributed by atoms with Gasteiger partial charge in [-0.05, 0) is 12.8 Å². The Morgan fingerprint density at radius 2 is 1.76 bits per heavy atom. The largest absolute Gasteiger partial charge is 0.332 e. The summed E-state index contributed by atoms with van der Waals surface area (Å²) in [6, 6.07) is 0.0203. The third-order valence-corrected chi connectivity index (χ3v) is 4.65. The van der Waals surface area contributed by atoms with Crippen LogP contribution in [0.3, 0.4) is 0 Å². The molecule has 2 fully saturated rings. The molecule has 2 saturated heterocycles. The first-order valence-corrected chi connectivity index (χ1v) is 7.49. The Labute approximate surface area is 101 Å². The van der Waals surface area contributed by atoms with Crippen molar-refractivity contribution in [1.29, 1.82) is 0 Å². The zero-order valence-electron chi connectivity index (χ0n) is 9.76. The lowest BCUT2D eigenvalue weighted by atomic mass is 10.1. The molecule has 0 aliphatic carbocycles. The maximum Gasteiger partial charge on any atom is 0.230 e. The molecule has 17 heavy (non-hydrogen) atoms. The number of hydrogen-bond acceptors (Lipinski definition) is 4. The van der Waals surface area contributed by atoms with Gasteiger partial charge in [0.2, 0.25) is 15.9 Å². The molecule has 1 amide bonds. The fraction of sp³-hybridized carbons (Fsp3) is 0.800. The minimum Gasteiger partial charge on any atom is -0.332 e. The van der Waals surface area contributed by atoms with Crippen LogP contribution in [-0.2, 0) is 19.6 Å². The highest BCUT2D eigenvalue weighted by Crippen LogP contribution is 2.21. The number of Topliss-reactive ketones (excluding diaryl/α,β-unsaturated/α-hetero) is 1. The summed E-state index contributed by atoms with van der Waals surface area (Å²) in [5.74, 6) is -0.159. The monoisotopic (exact) mass is 260 g/mol. The summed E-state index contributed by atoms with van der Waals surface area (Å²) in [5, 5.41) is 0. The van der Waals surface area contributed by atoms with Crippen LogP contribution < -0.4 is 0 Å². The summed E-state index contributed by atoms with van der Waals surface area (Å²) in [7, 11) is -3.13. The quantitative estimate of drug-likeness (QED) is 0.610. The van der Waals surface area contributed by atoms with Crippen molar-refractivity contribution in [2.45, 2.75) is 25.3 Å². The molecule has 2 aliphatic rings. The number of carbonyl (C=O) groups is 2. The van der Waals surface area contributed by atoms with E-state index in [0.29, 0.717) is 25.9 Å². The van der Waals surface area contributed by atoms with Crippen molar-refractivity contribution in [3.63, 3.8) is 0 Å². The normalized spacial score (nSPS) is 24.6. The number of ketones is 1. The molecule has 2 heterocycles. The number of carbonyl (C=O) groups excluding carboxylic acids is 2. The Morgan fingerprint density at radius 1 is 1.18 bits per heavy atom. The van der Waals surface area contributed by atoms with Crippen LogP contribution in [0.25, 0.3) is 0 Å². The molecule has 96 valence electrons. The van der Waals surface area contributed by atoms with Gasteiger partial charge in [0.15, 0.2) is 5.78 Å². The number of sulfonamides is 1. The lowest BCUT2D eigenvalue weighted by Gasteiger charge is -2.35. The average Bonchev–Trinajstić information content (AvgIpc) is 2.57. The maximum absolute atomic E-state index is 11.5. The van der Waals surface area contributed by atoms with Gasteiger partial charge in [-0.2, -0.15) is 0 Å². The van der Waals surface area contributed by atoms with Crippen LogP contribution >= 0.6 is 0 Å². The number of likely N-dealkylation sites (tertiary alicyclic amines) is 1. The van der Waals surface area contributed by atoms with Gasteiger partial charge in [-0.3, -0.25) is 9.59 Å². The molecular weight excluding hydrogens is 244 g/mol. The Bertz CT molecular complexity index is 437. The van der Waals surface area contributed by atoms with E-state index in [2.05, 4.69) is 0 Å². The van der Waals surface area contributed by atoms with E-state index >= 15 is 0 Å². The van der Waals surface area contributed by atoms with Crippen molar-refractivity contribution in [3.8, 4) is 0 Å². The van der Waals surface area contributed by atoms with Crippen LogP contribution in [-0.4, -0.2) is 61.2 Å². The number of hydrogen-bond donors (Lipinski definition) is 0. The van der Waals surface area contributed by atoms with Crippen LogP contribution in [0, 0.1) is 0 Å². The summed E-state index contributed by atoms with van der Waals surface area (Å²) in [5.41, 5.74) is 0. The Kier molecular flexibility index (Phi) is 3.22. The summed E-state index contributed by atoms with van der Waals surface area (Å²) < 4.78 is 24.1. The first-order chi connectivity index (χ1) is 7.88. The first-order valence-electron chi connectivity index (χ1n) is 5.64. The molecule has 2 rings (SSSR count). The van der Waals surface area contributed by atoms with Crippen LogP contribution in [0.5, 0.6) is 0 Å². The minimum atomic E-state index is -3.13. The van der Waals surface area contributed by atoms with Crippen molar-refractivity contribution in [2.24, 2.45) is 0 Å². The molecule has 0 aromatic heterocycles. The van der Waals surface area contributed by atoms with Crippen molar-refractivity contribution in [2.75, 3.05) is 25.9 Å². The number of rotatable bonds is 2. The van der Waals surface area contributed by atoms with Crippen LogP contribution in [0.2, 0.25) is 0 Å². The summed E-state index contributed by atoms with van der Waals surface area (Å²) in [6.07, 6.45) is 2.43. The van der Waals surface area contributed by atoms with Crippen molar-refractivity contribution >= 4 is 21.7 Å². The minimum absolute atomic E-state index is 0.00624. The first kappa shape index (κ1) is 12.5.